The summed E-state index contributed by atoms with van der Waals surface area (Å²) in [5, 5.41) is 11.2. The van der Waals surface area contributed by atoms with Crippen LogP contribution >= 0.6 is 0 Å². The first kappa shape index (κ1) is 12.1. The van der Waals surface area contributed by atoms with Crippen molar-refractivity contribution in [2.45, 2.75) is 33.0 Å². The fraction of sp³-hybridized carbons (Fsp3) is 0.800. The molecule has 0 bridgehead atoms. The zero-order chi connectivity index (χ0) is 11.3. The predicted octanol–water partition coefficient (Wildman–Crippen LogP) is 0.338. The molecule has 1 heterocycles. The van der Waals surface area contributed by atoms with Gasteiger partial charge in [-0.25, -0.2) is 0 Å². The smallest absolute Gasteiger partial charge is 0.0964 e. The van der Waals surface area contributed by atoms with Gasteiger partial charge in [0.15, 0.2) is 0 Å². The maximum absolute atomic E-state index is 4.07. The summed E-state index contributed by atoms with van der Waals surface area (Å²) < 4.78 is 1.89. The van der Waals surface area contributed by atoms with Crippen LogP contribution in [-0.4, -0.2) is 46.6 Å². The molecule has 1 aromatic rings. The number of nitrogens with one attached hydrogen (secondary N) is 1. The van der Waals surface area contributed by atoms with Gasteiger partial charge in [-0.3, -0.25) is 4.68 Å². The highest BCUT2D eigenvalue weighted by atomic mass is 15.4. The van der Waals surface area contributed by atoms with Crippen molar-refractivity contribution in [1.82, 2.24) is 25.2 Å². The second-order valence-corrected chi connectivity index (χ2v) is 4.08. The lowest BCUT2D eigenvalue weighted by Gasteiger charge is -2.20. The van der Waals surface area contributed by atoms with Crippen LogP contribution in [0.5, 0.6) is 0 Å². The van der Waals surface area contributed by atoms with Crippen LogP contribution in [0, 0.1) is 0 Å². The molecule has 0 atom stereocenters. The van der Waals surface area contributed by atoms with Crippen LogP contribution in [0.1, 0.15) is 19.5 Å². The molecule has 1 rings (SSSR count). The Morgan fingerprint density at radius 2 is 2.27 bits per heavy atom. The number of hydrogen-bond donors (Lipinski definition) is 1. The summed E-state index contributed by atoms with van der Waals surface area (Å²) >= 11 is 0. The quantitative estimate of drug-likeness (QED) is 0.737. The minimum absolute atomic E-state index is 0.574. The average molecular weight is 211 g/mol. The summed E-state index contributed by atoms with van der Waals surface area (Å²) in [5.41, 5.74) is 0.990. The van der Waals surface area contributed by atoms with Crippen molar-refractivity contribution >= 4 is 0 Å². The normalized spacial score (nSPS) is 11.6. The van der Waals surface area contributed by atoms with Gasteiger partial charge in [0.25, 0.3) is 0 Å². The van der Waals surface area contributed by atoms with Crippen LogP contribution in [-0.2, 0) is 13.1 Å². The molecular formula is C10H21N5. The van der Waals surface area contributed by atoms with Crippen LogP contribution in [0.4, 0.5) is 0 Å². The van der Waals surface area contributed by atoms with Gasteiger partial charge in [-0.05, 0) is 27.9 Å². The Morgan fingerprint density at radius 3 is 2.87 bits per heavy atom. The van der Waals surface area contributed by atoms with Crippen molar-refractivity contribution in [2.75, 3.05) is 20.6 Å². The van der Waals surface area contributed by atoms with Crippen LogP contribution in [0.15, 0.2) is 6.20 Å². The minimum atomic E-state index is 0.574. The third-order valence-electron chi connectivity index (χ3n) is 2.51. The van der Waals surface area contributed by atoms with E-state index >= 15 is 0 Å². The fourth-order valence-electron chi connectivity index (χ4n) is 1.23. The number of likely N-dealkylation sites (N-methyl/N-ethyl adjacent to an activating group) is 1. The Hall–Kier alpha value is -0.940. The van der Waals surface area contributed by atoms with Gasteiger partial charge in [0.2, 0.25) is 0 Å². The van der Waals surface area contributed by atoms with Crippen LogP contribution in [0.2, 0.25) is 0 Å². The first-order valence-corrected chi connectivity index (χ1v) is 5.37. The molecule has 1 aromatic heterocycles. The number of nitrogens with zero attached hydrogens (tertiary/aromatic N) is 4. The highest BCUT2D eigenvalue weighted by Crippen LogP contribution is 1.96. The molecule has 0 spiro atoms. The molecule has 1 N–H and O–H groups in total. The van der Waals surface area contributed by atoms with Gasteiger partial charge in [0.05, 0.1) is 12.2 Å². The number of hydrogen-bond acceptors (Lipinski definition) is 4. The highest BCUT2D eigenvalue weighted by molar-refractivity contribution is 4.91. The molecule has 0 aliphatic carbocycles. The summed E-state index contributed by atoms with van der Waals surface area (Å²) in [6, 6.07) is 0.574. The number of rotatable bonds is 6. The zero-order valence-corrected chi connectivity index (χ0v) is 10.1. The Labute approximate surface area is 91.5 Å². The molecule has 0 aliphatic heterocycles. The van der Waals surface area contributed by atoms with E-state index in [-0.39, 0.29) is 0 Å². The van der Waals surface area contributed by atoms with Gasteiger partial charge in [-0.1, -0.05) is 5.21 Å². The topological polar surface area (TPSA) is 46.0 Å². The molecular weight excluding hydrogens is 190 g/mol. The monoisotopic (exact) mass is 211 g/mol. The van der Waals surface area contributed by atoms with Gasteiger partial charge < -0.3 is 10.2 Å². The summed E-state index contributed by atoms with van der Waals surface area (Å²) in [7, 11) is 4.03. The third-order valence-corrected chi connectivity index (χ3v) is 2.51. The van der Waals surface area contributed by atoms with E-state index < -0.39 is 0 Å². The standard InChI is InChI=1S/C10H21N5/c1-9(2)14(4)5-6-15-8-10(7-11-3)12-13-15/h8-9,11H,5-7H2,1-4H3. The first-order valence-electron chi connectivity index (χ1n) is 5.37. The molecule has 5 heteroatoms. The van der Waals surface area contributed by atoms with Crippen molar-refractivity contribution in [3.8, 4) is 0 Å². The Balaban J connectivity index is 2.37. The lowest BCUT2D eigenvalue weighted by molar-refractivity contribution is 0.258. The lowest BCUT2D eigenvalue weighted by atomic mass is 10.3. The molecule has 0 saturated heterocycles. The number of aromatic nitrogens is 3. The van der Waals surface area contributed by atoms with Crippen molar-refractivity contribution in [3.05, 3.63) is 11.9 Å². The van der Waals surface area contributed by atoms with Crippen LogP contribution in [0.3, 0.4) is 0 Å². The molecule has 0 unspecified atom stereocenters. The predicted molar refractivity (Wildman–Crippen MR) is 60.6 cm³/mol. The summed E-state index contributed by atoms with van der Waals surface area (Å²) in [6.07, 6.45) is 1.99. The SMILES string of the molecule is CNCc1cn(CCN(C)C(C)C)nn1. The molecule has 0 fully saturated rings. The fourth-order valence-corrected chi connectivity index (χ4v) is 1.23. The van der Waals surface area contributed by atoms with E-state index in [0.717, 1.165) is 25.3 Å². The minimum Gasteiger partial charge on any atom is -0.314 e. The van der Waals surface area contributed by atoms with Crippen molar-refractivity contribution in [2.24, 2.45) is 0 Å². The Morgan fingerprint density at radius 1 is 1.53 bits per heavy atom. The van der Waals surface area contributed by atoms with Crippen LogP contribution < -0.4 is 5.32 Å². The molecule has 15 heavy (non-hydrogen) atoms. The van der Waals surface area contributed by atoms with Crippen LogP contribution in [0.25, 0.3) is 0 Å². The summed E-state index contributed by atoms with van der Waals surface area (Å²) in [6.45, 7) is 7.05. The van der Waals surface area contributed by atoms with E-state index in [9.17, 15) is 0 Å². The molecule has 0 amide bonds. The van der Waals surface area contributed by atoms with Gasteiger partial charge in [0.1, 0.15) is 0 Å². The molecule has 0 saturated carbocycles. The molecule has 0 radical (unpaired) electrons. The largest absolute Gasteiger partial charge is 0.314 e. The second-order valence-electron chi connectivity index (χ2n) is 4.08. The van der Waals surface area contributed by atoms with Crippen molar-refractivity contribution in [1.29, 1.82) is 0 Å². The van der Waals surface area contributed by atoms with E-state index in [4.69, 9.17) is 0 Å². The van der Waals surface area contributed by atoms with E-state index in [2.05, 4.69) is 41.4 Å². The molecule has 5 nitrogen and oxygen atoms in total. The summed E-state index contributed by atoms with van der Waals surface area (Å²) in [5.74, 6) is 0. The molecule has 0 aromatic carbocycles. The van der Waals surface area contributed by atoms with E-state index in [1.54, 1.807) is 0 Å². The Bertz CT molecular complexity index is 281. The Kier molecular flexibility index (Phi) is 4.71. The van der Waals surface area contributed by atoms with Crippen molar-refractivity contribution < 1.29 is 0 Å². The van der Waals surface area contributed by atoms with Gasteiger partial charge in [-0.15, -0.1) is 5.10 Å². The highest BCUT2D eigenvalue weighted by Gasteiger charge is 2.04. The van der Waals surface area contributed by atoms with E-state index in [1.165, 1.54) is 0 Å². The van der Waals surface area contributed by atoms with E-state index in [1.807, 2.05) is 17.9 Å². The third kappa shape index (κ3) is 3.97. The molecule has 86 valence electrons. The summed E-state index contributed by atoms with van der Waals surface area (Å²) in [4.78, 5) is 2.29. The second kappa shape index (κ2) is 5.82. The van der Waals surface area contributed by atoms with E-state index in [0.29, 0.717) is 6.04 Å². The van der Waals surface area contributed by atoms with Gasteiger partial charge in [-0.2, -0.15) is 0 Å². The maximum Gasteiger partial charge on any atom is 0.0964 e. The van der Waals surface area contributed by atoms with Gasteiger partial charge in [0, 0.05) is 25.3 Å². The first-order chi connectivity index (χ1) is 7.13. The molecule has 0 aliphatic rings. The zero-order valence-electron chi connectivity index (χ0n) is 10.1. The van der Waals surface area contributed by atoms with Gasteiger partial charge >= 0.3 is 0 Å². The average Bonchev–Trinajstić information content (AvgIpc) is 2.62. The maximum atomic E-state index is 4.07. The van der Waals surface area contributed by atoms with Crippen molar-refractivity contribution in [3.63, 3.8) is 0 Å². The lowest BCUT2D eigenvalue weighted by Crippen LogP contribution is -2.29.